The van der Waals surface area contributed by atoms with Gasteiger partial charge in [0, 0.05) is 0 Å². The van der Waals surface area contributed by atoms with E-state index in [1.807, 2.05) is 6.92 Å². The Morgan fingerprint density at radius 1 is 1.70 bits per heavy atom. The minimum absolute atomic E-state index is 0.0592. The zero-order chi connectivity index (χ0) is 7.98. The highest BCUT2D eigenvalue weighted by Gasteiger charge is 1.90. The third-order valence-corrected chi connectivity index (χ3v) is 0.915. The second-order valence-electron chi connectivity index (χ2n) is 2.02. The fourth-order valence-corrected chi connectivity index (χ4v) is 0.539. The molecule has 0 N–H and O–H groups in total. The first kappa shape index (κ1) is 9.11. The molecule has 0 heterocycles. The number of halogens is 1. The smallest absolute Gasteiger partial charge is 0.113 e. The molecule has 0 spiro atoms. The van der Waals surface area contributed by atoms with Gasteiger partial charge in [-0.1, -0.05) is 30.9 Å². The number of rotatable bonds is 4. The maximum atomic E-state index is 11.3. The molecular formula is C8H11FO. The summed E-state index contributed by atoms with van der Waals surface area (Å²) in [5.41, 5.74) is 1.54. The quantitative estimate of drug-likeness (QED) is 0.548. The molecular weight excluding hydrogens is 131 g/mol. The van der Waals surface area contributed by atoms with Crippen LogP contribution >= 0.6 is 0 Å². The Morgan fingerprint density at radius 2 is 2.30 bits per heavy atom. The Kier molecular flexibility index (Phi) is 4.50. The second kappa shape index (κ2) is 4.94. The molecule has 0 aromatic heterocycles. The summed E-state index contributed by atoms with van der Waals surface area (Å²) in [6.07, 6.45) is 3.25. The number of hydrogen-bond donors (Lipinski definition) is 0. The highest BCUT2D eigenvalue weighted by atomic mass is 19.3. The first-order chi connectivity index (χ1) is 4.70. The van der Waals surface area contributed by atoms with Crippen molar-refractivity contribution in [3.8, 4) is 0 Å². The van der Waals surface area contributed by atoms with E-state index in [9.17, 15) is 4.53 Å². The van der Waals surface area contributed by atoms with E-state index in [0.29, 0.717) is 5.57 Å². The lowest BCUT2D eigenvalue weighted by Crippen LogP contribution is -1.87. The molecule has 0 amide bonds. The Labute approximate surface area is 60.4 Å². The van der Waals surface area contributed by atoms with E-state index in [0.717, 1.165) is 5.57 Å². The molecule has 2 heteroatoms. The monoisotopic (exact) mass is 142 g/mol. The van der Waals surface area contributed by atoms with Crippen LogP contribution in [-0.2, 0) is 4.94 Å². The lowest BCUT2D eigenvalue weighted by molar-refractivity contribution is -0.120. The van der Waals surface area contributed by atoms with Gasteiger partial charge in [0.1, 0.15) is 6.61 Å². The first-order valence-corrected chi connectivity index (χ1v) is 2.92. The van der Waals surface area contributed by atoms with Crippen LogP contribution in [0.4, 0.5) is 4.53 Å². The largest absolute Gasteiger partial charge is 0.189 e. The van der Waals surface area contributed by atoms with E-state index in [2.05, 4.69) is 18.1 Å². The predicted octanol–water partition coefficient (Wildman–Crippen LogP) is 2.58. The van der Waals surface area contributed by atoms with Gasteiger partial charge in [-0.15, -0.1) is 0 Å². The van der Waals surface area contributed by atoms with Crippen LogP contribution in [0.5, 0.6) is 0 Å². The van der Waals surface area contributed by atoms with E-state index >= 15 is 0 Å². The Bertz CT molecular complexity index is 159. The van der Waals surface area contributed by atoms with Gasteiger partial charge in [-0.05, 0) is 17.0 Å². The summed E-state index contributed by atoms with van der Waals surface area (Å²) in [4.78, 5) is 3.42. The van der Waals surface area contributed by atoms with Gasteiger partial charge in [0.25, 0.3) is 0 Å². The fourth-order valence-electron chi connectivity index (χ4n) is 0.539. The molecule has 0 saturated heterocycles. The van der Waals surface area contributed by atoms with Crippen LogP contribution in [-0.4, -0.2) is 6.61 Å². The van der Waals surface area contributed by atoms with Gasteiger partial charge in [-0.25, -0.2) is 0 Å². The normalized spacial score (nSPS) is 11.2. The van der Waals surface area contributed by atoms with Gasteiger partial charge in [-0.3, -0.25) is 0 Å². The van der Waals surface area contributed by atoms with E-state index in [-0.39, 0.29) is 6.61 Å². The van der Waals surface area contributed by atoms with E-state index in [1.54, 1.807) is 6.08 Å². The molecule has 1 nitrogen and oxygen atoms in total. The molecule has 0 radical (unpaired) electrons. The van der Waals surface area contributed by atoms with Crippen LogP contribution < -0.4 is 0 Å². The minimum Gasteiger partial charge on any atom is -0.189 e. The van der Waals surface area contributed by atoms with Gasteiger partial charge in [0.15, 0.2) is 0 Å². The van der Waals surface area contributed by atoms with Gasteiger partial charge in [0.05, 0.1) is 0 Å². The molecule has 0 aromatic carbocycles. The summed E-state index contributed by atoms with van der Waals surface area (Å²) in [7, 11) is 0. The van der Waals surface area contributed by atoms with Gasteiger partial charge in [-0.2, -0.15) is 4.94 Å². The molecule has 56 valence electrons. The minimum atomic E-state index is -0.0592. The van der Waals surface area contributed by atoms with Crippen LogP contribution in [0.3, 0.4) is 0 Å². The van der Waals surface area contributed by atoms with Crippen molar-refractivity contribution in [3.63, 3.8) is 0 Å². The molecule has 0 aromatic rings. The van der Waals surface area contributed by atoms with Crippen LogP contribution in [0.15, 0.2) is 36.5 Å². The predicted molar refractivity (Wildman–Crippen MR) is 40.2 cm³/mol. The second-order valence-corrected chi connectivity index (χ2v) is 2.02. The van der Waals surface area contributed by atoms with E-state index < -0.39 is 0 Å². The Hall–Kier alpha value is -0.890. The molecule has 0 unspecified atom stereocenters. The summed E-state index contributed by atoms with van der Waals surface area (Å²) >= 11 is 0. The summed E-state index contributed by atoms with van der Waals surface area (Å²) in [6.45, 7) is 8.86. The van der Waals surface area contributed by atoms with Crippen molar-refractivity contribution >= 4 is 0 Å². The van der Waals surface area contributed by atoms with Crippen molar-refractivity contribution < 1.29 is 9.47 Å². The van der Waals surface area contributed by atoms with Crippen molar-refractivity contribution in [1.29, 1.82) is 0 Å². The summed E-state index contributed by atoms with van der Waals surface area (Å²) in [5.74, 6) is 0. The Balaban J connectivity index is 4.03. The average Bonchev–Trinajstić information content (AvgIpc) is 1.86. The molecule has 0 atom stereocenters. The van der Waals surface area contributed by atoms with E-state index in [1.165, 1.54) is 6.08 Å². The third kappa shape index (κ3) is 4.04. The van der Waals surface area contributed by atoms with Gasteiger partial charge < -0.3 is 0 Å². The highest BCUT2D eigenvalue weighted by Crippen LogP contribution is 2.01. The molecule has 10 heavy (non-hydrogen) atoms. The maximum Gasteiger partial charge on any atom is 0.113 e. The molecule has 0 aliphatic carbocycles. The summed E-state index contributed by atoms with van der Waals surface area (Å²) in [5, 5.41) is 0. The third-order valence-electron chi connectivity index (χ3n) is 0.915. The number of hydrogen-bond acceptors (Lipinski definition) is 1. The average molecular weight is 142 g/mol. The van der Waals surface area contributed by atoms with Crippen LogP contribution in [0, 0.1) is 0 Å². The first-order valence-electron chi connectivity index (χ1n) is 2.92. The summed E-state index contributed by atoms with van der Waals surface area (Å²) in [6, 6.07) is 0. The molecule has 0 aliphatic heterocycles. The molecule has 0 aliphatic rings. The summed E-state index contributed by atoms with van der Waals surface area (Å²) < 4.78 is 11.3. The number of allylic oxidation sites excluding steroid dienone is 2. The van der Waals surface area contributed by atoms with Gasteiger partial charge in [0.2, 0.25) is 0 Å². The molecule has 0 fully saturated rings. The Morgan fingerprint density at radius 3 is 2.60 bits per heavy atom. The maximum absolute atomic E-state index is 11.3. The van der Waals surface area contributed by atoms with Crippen molar-refractivity contribution in [2.45, 2.75) is 6.92 Å². The topological polar surface area (TPSA) is 9.23 Å². The van der Waals surface area contributed by atoms with Gasteiger partial charge >= 0.3 is 0 Å². The standard InChI is InChI=1S/C8H11FO/c1-4-8(6-10-9)5-7(2)3/h4-5H,1-2,6H2,3H3/b8-5+. The van der Waals surface area contributed by atoms with Crippen LogP contribution in [0.25, 0.3) is 0 Å². The fraction of sp³-hybridized carbons (Fsp3) is 0.250. The van der Waals surface area contributed by atoms with Crippen molar-refractivity contribution in [3.05, 3.63) is 36.5 Å². The highest BCUT2D eigenvalue weighted by molar-refractivity contribution is 5.26. The van der Waals surface area contributed by atoms with Crippen molar-refractivity contribution in [2.75, 3.05) is 6.61 Å². The lowest BCUT2D eigenvalue weighted by atomic mass is 10.2. The lowest BCUT2D eigenvalue weighted by Gasteiger charge is -1.95. The molecule has 0 rings (SSSR count). The van der Waals surface area contributed by atoms with Crippen molar-refractivity contribution in [2.24, 2.45) is 0 Å². The zero-order valence-electron chi connectivity index (χ0n) is 6.06. The van der Waals surface area contributed by atoms with Crippen LogP contribution in [0.2, 0.25) is 0 Å². The van der Waals surface area contributed by atoms with E-state index in [4.69, 9.17) is 0 Å². The SMILES string of the molecule is C=C/C(=C\C(=C)C)COF. The molecule has 0 bridgehead atoms. The van der Waals surface area contributed by atoms with Crippen molar-refractivity contribution in [1.82, 2.24) is 0 Å². The van der Waals surface area contributed by atoms with Crippen LogP contribution in [0.1, 0.15) is 6.92 Å². The molecule has 0 saturated carbocycles. The zero-order valence-corrected chi connectivity index (χ0v) is 6.06.